The fourth-order valence-electron chi connectivity index (χ4n) is 1.65. The maximum absolute atomic E-state index is 12.4. The van der Waals surface area contributed by atoms with E-state index >= 15 is 0 Å². The van der Waals surface area contributed by atoms with Gasteiger partial charge in [-0.1, -0.05) is 13.0 Å². The molecule has 0 bridgehead atoms. The second kappa shape index (κ2) is 4.90. The van der Waals surface area contributed by atoms with E-state index in [9.17, 15) is 8.42 Å². The Labute approximate surface area is 110 Å². The van der Waals surface area contributed by atoms with E-state index in [-0.39, 0.29) is 10.6 Å². The van der Waals surface area contributed by atoms with Gasteiger partial charge in [0.25, 0.3) is 0 Å². The van der Waals surface area contributed by atoms with E-state index in [4.69, 9.17) is 5.73 Å². The Morgan fingerprint density at radius 2 is 1.83 bits per heavy atom. The summed E-state index contributed by atoms with van der Waals surface area (Å²) in [6.07, 6.45) is 0.705. The van der Waals surface area contributed by atoms with E-state index in [1.165, 1.54) is 0 Å². The first-order valence-corrected chi connectivity index (χ1v) is 7.48. The Balaban J connectivity index is 3.34. The molecule has 0 heterocycles. The molecule has 18 heavy (non-hydrogen) atoms. The Bertz CT molecular complexity index is 548. The predicted octanol–water partition coefficient (Wildman–Crippen LogP) is 2.35. The number of nitrogens with one attached hydrogen (secondary N) is 1. The number of rotatable bonds is 4. The predicted molar refractivity (Wildman–Crippen MR) is 75.0 cm³/mol. The first kappa shape index (κ1) is 15.0. The quantitative estimate of drug-likeness (QED) is 0.825. The van der Waals surface area contributed by atoms with Crippen molar-refractivity contribution in [2.24, 2.45) is 0 Å². The molecule has 5 heteroatoms. The van der Waals surface area contributed by atoms with Crippen LogP contribution in [-0.4, -0.2) is 14.0 Å². The average Bonchev–Trinajstić information content (AvgIpc) is 2.22. The number of hydrogen-bond acceptors (Lipinski definition) is 3. The number of benzene rings is 1. The molecule has 1 rings (SSSR count). The number of nitrogen functional groups attached to an aromatic ring is 1. The lowest BCUT2D eigenvalue weighted by atomic mass is 10.0. The van der Waals surface area contributed by atoms with Gasteiger partial charge < -0.3 is 5.73 Å². The van der Waals surface area contributed by atoms with E-state index < -0.39 is 15.6 Å². The van der Waals surface area contributed by atoms with Gasteiger partial charge in [0, 0.05) is 5.54 Å². The number of anilines is 1. The van der Waals surface area contributed by atoms with Crippen LogP contribution < -0.4 is 10.5 Å². The molecule has 4 nitrogen and oxygen atoms in total. The van der Waals surface area contributed by atoms with Crippen molar-refractivity contribution < 1.29 is 8.42 Å². The van der Waals surface area contributed by atoms with Crippen molar-refractivity contribution >= 4 is 15.7 Å². The minimum absolute atomic E-state index is 0.198. The standard InChI is InChI=1S/C13H22N2O2S/c1-6-13(4,5)15-18(16,17)12-10(3)9(2)7-8-11(12)14/h7-8,15H,6,14H2,1-5H3. The third-order valence-corrected chi connectivity index (χ3v) is 5.17. The van der Waals surface area contributed by atoms with Gasteiger partial charge in [0.1, 0.15) is 4.90 Å². The molecule has 0 saturated carbocycles. The van der Waals surface area contributed by atoms with Crippen molar-refractivity contribution in [1.29, 1.82) is 0 Å². The smallest absolute Gasteiger partial charge is 0.243 e. The van der Waals surface area contributed by atoms with E-state index in [1.54, 1.807) is 13.0 Å². The van der Waals surface area contributed by atoms with Crippen LogP contribution in [0, 0.1) is 13.8 Å². The molecule has 0 radical (unpaired) electrons. The van der Waals surface area contributed by atoms with E-state index in [0.717, 1.165) is 5.56 Å². The Hall–Kier alpha value is -1.07. The third-order valence-electron chi connectivity index (χ3n) is 3.27. The Kier molecular flexibility index (Phi) is 4.08. The Morgan fingerprint density at radius 1 is 1.28 bits per heavy atom. The summed E-state index contributed by atoms with van der Waals surface area (Å²) < 4.78 is 27.5. The lowest BCUT2D eigenvalue weighted by Crippen LogP contribution is -2.43. The fourth-order valence-corrected chi connectivity index (χ4v) is 3.57. The summed E-state index contributed by atoms with van der Waals surface area (Å²) in [4.78, 5) is 0.198. The maximum atomic E-state index is 12.4. The van der Waals surface area contributed by atoms with Crippen molar-refractivity contribution in [2.75, 3.05) is 5.73 Å². The molecule has 0 fully saturated rings. The maximum Gasteiger partial charge on any atom is 0.243 e. The van der Waals surface area contributed by atoms with Gasteiger partial charge in [-0.25, -0.2) is 13.1 Å². The van der Waals surface area contributed by atoms with Crippen molar-refractivity contribution in [3.8, 4) is 0 Å². The van der Waals surface area contributed by atoms with Crippen molar-refractivity contribution in [2.45, 2.75) is 51.5 Å². The molecule has 102 valence electrons. The Morgan fingerprint density at radius 3 is 2.33 bits per heavy atom. The molecule has 0 saturated heterocycles. The summed E-state index contributed by atoms with van der Waals surface area (Å²) >= 11 is 0. The summed E-state index contributed by atoms with van der Waals surface area (Å²) in [5.41, 5.74) is 7.24. The zero-order valence-electron chi connectivity index (χ0n) is 11.7. The summed E-state index contributed by atoms with van der Waals surface area (Å²) in [6, 6.07) is 3.46. The minimum atomic E-state index is -3.59. The van der Waals surface area contributed by atoms with E-state index in [0.29, 0.717) is 12.0 Å². The number of hydrogen-bond donors (Lipinski definition) is 2. The topological polar surface area (TPSA) is 72.2 Å². The van der Waals surface area contributed by atoms with Gasteiger partial charge in [0.15, 0.2) is 0 Å². The van der Waals surface area contributed by atoms with Crippen LogP contribution in [0.15, 0.2) is 17.0 Å². The van der Waals surface area contributed by atoms with Crippen LogP contribution in [0.4, 0.5) is 5.69 Å². The summed E-state index contributed by atoms with van der Waals surface area (Å²) in [7, 11) is -3.59. The largest absolute Gasteiger partial charge is 0.398 e. The normalized spacial score (nSPS) is 12.7. The zero-order chi connectivity index (χ0) is 14.1. The van der Waals surface area contributed by atoms with Crippen LogP contribution in [-0.2, 0) is 10.0 Å². The second-order valence-corrected chi connectivity index (χ2v) is 6.89. The highest BCUT2D eigenvalue weighted by Gasteiger charge is 2.27. The molecule has 0 amide bonds. The van der Waals surface area contributed by atoms with Gasteiger partial charge in [-0.15, -0.1) is 0 Å². The molecule has 0 aliphatic rings. The van der Waals surface area contributed by atoms with Crippen LogP contribution in [0.1, 0.15) is 38.3 Å². The first-order chi connectivity index (χ1) is 8.10. The van der Waals surface area contributed by atoms with Crippen molar-refractivity contribution in [3.63, 3.8) is 0 Å². The molecule has 0 aromatic heterocycles. The van der Waals surface area contributed by atoms with Crippen molar-refractivity contribution in [1.82, 2.24) is 4.72 Å². The number of aryl methyl sites for hydroxylation is 1. The molecular weight excluding hydrogens is 248 g/mol. The fraction of sp³-hybridized carbons (Fsp3) is 0.538. The average molecular weight is 270 g/mol. The van der Waals surface area contributed by atoms with Gasteiger partial charge in [-0.05, 0) is 51.3 Å². The molecule has 0 unspecified atom stereocenters. The lowest BCUT2D eigenvalue weighted by molar-refractivity contribution is 0.439. The van der Waals surface area contributed by atoms with Gasteiger partial charge in [0.05, 0.1) is 5.69 Å². The van der Waals surface area contributed by atoms with Gasteiger partial charge in [0.2, 0.25) is 10.0 Å². The molecule has 0 atom stereocenters. The highest BCUT2D eigenvalue weighted by atomic mass is 32.2. The molecule has 0 spiro atoms. The van der Waals surface area contributed by atoms with Gasteiger partial charge in [-0.2, -0.15) is 0 Å². The highest BCUT2D eigenvalue weighted by Crippen LogP contribution is 2.26. The monoisotopic (exact) mass is 270 g/mol. The molecular formula is C13H22N2O2S. The molecule has 1 aromatic rings. The van der Waals surface area contributed by atoms with Gasteiger partial charge >= 0.3 is 0 Å². The third kappa shape index (κ3) is 3.03. The zero-order valence-corrected chi connectivity index (χ0v) is 12.5. The van der Waals surface area contributed by atoms with Crippen LogP contribution >= 0.6 is 0 Å². The SMILES string of the molecule is CCC(C)(C)NS(=O)(=O)c1c(N)ccc(C)c1C. The van der Waals surface area contributed by atoms with Gasteiger partial charge in [-0.3, -0.25) is 0 Å². The van der Waals surface area contributed by atoms with Crippen LogP contribution in [0.25, 0.3) is 0 Å². The van der Waals surface area contributed by atoms with Crippen LogP contribution in [0.2, 0.25) is 0 Å². The molecule has 0 aliphatic heterocycles. The van der Waals surface area contributed by atoms with Crippen molar-refractivity contribution in [3.05, 3.63) is 23.3 Å². The summed E-state index contributed by atoms with van der Waals surface area (Å²) in [6.45, 7) is 9.30. The number of nitrogens with two attached hydrogens (primary N) is 1. The highest BCUT2D eigenvalue weighted by molar-refractivity contribution is 7.89. The second-order valence-electron chi connectivity index (χ2n) is 5.27. The first-order valence-electron chi connectivity index (χ1n) is 6.00. The van der Waals surface area contributed by atoms with Crippen LogP contribution in [0.5, 0.6) is 0 Å². The van der Waals surface area contributed by atoms with E-state index in [1.807, 2.05) is 33.8 Å². The number of sulfonamides is 1. The lowest BCUT2D eigenvalue weighted by Gasteiger charge is -2.25. The molecule has 1 aromatic carbocycles. The van der Waals surface area contributed by atoms with E-state index in [2.05, 4.69) is 4.72 Å². The molecule has 0 aliphatic carbocycles. The summed E-state index contributed by atoms with van der Waals surface area (Å²) in [5, 5.41) is 0. The molecule has 3 N–H and O–H groups in total. The summed E-state index contributed by atoms with van der Waals surface area (Å²) in [5.74, 6) is 0. The van der Waals surface area contributed by atoms with Crippen LogP contribution in [0.3, 0.4) is 0 Å². The minimum Gasteiger partial charge on any atom is -0.398 e.